The number of rotatable bonds is 0. The van der Waals surface area contributed by atoms with E-state index >= 15 is 0 Å². The van der Waals surface area contributed by atoms with Crippen LogP contribution >= 0.6 is 0 Å². The predicted molar refractivity (Wildman–Crippen MR) is 85.5 cm³/mol. The molecule has 0 amide bonds. The molecule has 21 heavy (non-hydrogen) atoms. The molecule has 3 heteroatoms. The van der Waals surface area contributed by atoms with Gasteiger partial charge in [-0.2, -0.15) is 0 Å². The maximum atomic E-state index is 6.47. The molecule has 0 aliphatic carbocycles. The number of ether oxygens (including phenoxy) is 1. The number of nitrogens with two attached hydrogens (primary N) is 1. The summed E-state index contributed by atoms with van der Waals surface area (Å²) < 4.78 is 6.47. The minimum absolute atomic E-state index is 0.0807. The highest BCUT2D eigenvalue weighted by Crippen LogP contribution is 2.55. The van der Waals surface area contributed by atoms with Crippen LogP contribution in [0.2, 0.25) is 0 Å². The lowest BCUT2D eigenvalue weighted by molar-refractivity contribution is 0.0145. The fourth-order valence-electron chi connectivity index (χ4n) is 3.68. The van der Waals surface area contributed by atoms with E-state index in [1.54, 1.807) is 0 Å². The van der Waals surface area contributed by atoms with Crippen LogP contribution in [0.15, 0.2) is 42.5 Å². The summed E-state index contributed by atoms with van der Waals surface area (Å²) in [5.41, 5.74) is 10.0. The van der Waals surface area contributed by atoms with Crippen LogP contribution in [-0.4, -0.2) is 5.72 Å². The summed E-state index contributed by atoms with van der Waals surface area (Å²) in [6, 6.07) is 14.5. The molecule has 3 nitrogen and oxygen atoms in total. The van der Waals surface area contributed by atoms with Gasteiger partial charge in [0.1, 0.15) is 5.75 Å². The highest BCUT2D eigenvalue weighted by molar-refractivity contribution is 5.68. The maximum Gasteiger partial charge on any atom is 0.189 e. The van der Waals surface area contributed by atoms with Crippen molar-refractivity contribution in [2.45, 2.75) is 38.5 Å². The Morgan fingerprint density at radius 1 is 1.10 bits per heavy atom. The lowest BCUT2D eigenvalue weighted by Gasteiger charge is -2.48. The Hall–Kier alpha value is -2.16. The average molecular weight is 280 g/mol. The third-order valence-electron chi connectivity index (χ3n) is 5.26. The number of benzene rings is 2. The molecule has 108 valence electrons. The van der Waals surface area contributed by atoms with Gasteiger partial charge in [-0.25, -0.2) is 0 Å². The number of hydrogen-bond acceptors (Lipinski definition) is 3. The smallest absolute Gasteiger partial charge is 0.189 e. The quantitative estimate of drug-likeness (QED) is 0.748. The van der Waals surface area contributed by atoms with Crippen LogP contribution in [0.25, 0.3) is 0 Å². The molecule has 2 N–H and O–H groups in total. The van der Waals surface area contributed by atoms with Crippen LogP contribution < -0.4 is 15.4 Å². The fraction of sp³-hybridized carbons (Fsp3) is 0.333. The Morgan fingerprint density at radius 2 is 1.86 bits per heavy atom. The van der Waals surface area contributed by atoms with E-state index in [4.69, 9.17) is 10.5 Å². The molecule has 1 atom stereocenters. The van der Waals surface area contributed by atoms with Gasteiger partial charge in [-0.1, -0.05) is 18.2 Å². The minimum Gasteiger partial charge on any atom is -0.467 e. The summed E-state index contributed by atoms with van der Waals surface area (Å²) in [4.78, 5) is 2.37. The second-order valence-electron chi connectivity index (χ2n) is 6.68. The van der Waals surface area contributed by atoms with E-state index in [2.05, 4.69) is 49.9 Å². The first-order chi connectivity index (χ1) is 9.93. The van der Waals surface area contributed by atoms with Gasteiger partial charge in [0.15, 0.2) is 5.72 Å². The van der Waals surface area contributed by atoms with Crippen molar-refractivity contribution >= 4 is 11.4 Å². The highest BCUT2D eigenvalue weighted by Gasteiger charge is 2.57. The second-order valence-corrected chi connectivity index (χ2v) is 6.68. The first-order valence-corrected chi connectivity index (χ1v) is 7.38. The molecule has 0 spiro atoms. The summed E-state index contributed by atoms with van der Waals surface area (Å²) in [5.74, 6) is 0.948. The molecule has 0 saturated carbocycles. The normalized spacial score (nSPS) is 24.8. The van der Waals surface area contributed by atoms with Gasteiger partial charge in [0.2, 0.25) is 0 Å². The lowest BCUT2D eigenvalue weighted by Crippen LogP contribution is -2.59. The van der Waals surface area contributed by atoms with Crippen molar-refractivity contribution in [2.24, 2.45) is 0 Å². The Labute approximate surface area is 125 Å². The van der Waals surface area contributed by atoms with Crippen molar-refractivity contribution in [2.75, 3.05) is 10.6 Å². The Bertz CT molecular complexity index is 738. The Balaban J connectivity index is 1.93. The summed E-state index contributed by atoms with van der Waals surface area (Å²) in [6.07, 6.45) is 0. The van der Waals surface area contributed by atoms with Crippen LogP contribution in [0, 0.1) is 0 Å². The van der Waals surface area contributed by atoms with E-state index in [1.807, 2.05) is 18.2 Å². The molecule has 2 aromatic rings. The van der Waals surface area contributed by atoms with Gasteiger partial charge >= 0.3 is 0 Å². The molecule has 0 aromatic heterocycles. The predicted octanol–water partition coefficient (Wildman–Crippen LogP) is 3.68. The number of para-hydroxylation sites is 1. The number of anilines is 2. The molecule has 0 unspecified atom stereocenters. The third-order valence-corrected chi connectivity index (χ3v) is 5.26. The zero-order valence-electron chi connectivity index (χ0n) is 12.7. The number of fused-ring (bicyclic) bond motifs is 4. The third kappa shape index (κ3) is 1.44. The van der Waals surface area contributed by atoms with E-state index in [0.717, 1.165) is 23.5 Å². The number of nitrogen functional groups attached to an aromatic ring is 1. The molecular weight excluding hydrogens is 260 g/mol. The van der Waals surface area contributed by atoms with E-state index < -0.39 is 0 Å². The number of hydrogen-bond donors (Lipinski definition) is 1. The van der Waals surface area contributed by atoms with Crippen molar-refractivity contribution in [3.63, 3.8) is 0 Å². The molecule has 2 aliphatic heterocycles. The molecule has 0 bridgehead atoms. The van der Waals surface area contributed by atoms with Crippen molar-refractivity contribution in [1.82, 2.24) is 0 Å². The molecule has 2 aliphatic rings. The van der Waals surface area contributed by atoms with E-state index in [1.165, 1.54) is 11.3 Å². The van der Waals surface area contributed by atoms with Gasteiger partial charge in [-0.15, -0.1) is 0 Å². The SMILES string of the molecule is CC1(C)c2ccccc2N2Cc3cc(N)ccc3O[C@@]21C. The first-order valence-electron chi connectivity index (χ1n) is 7.38. The maximum absolute atomic E-state index is 6.47. The van der Waals surface area contributed by atoms with Crippen molar-refractivity contribution < 1.29 is 4.74 Å². The van der Waals surface area contributed by atoms with Gasteiger partial charge in [0.05, 0.1) is 12.0 Å². The molecule has 2 heterocycles. The van der Waals surface area contributed by atoms with E-state index in [0.29, 0.717) is 0 Å². The molecular formula is C18H20N2O. The molecule has 2 aromatic carbocycles. The fourth-order valence-corrected chi connectivity index (χ4v) is 3.68. The van der Waals surface area contributed by atoms with Gasteiger partial charge in [0, 0.05) is 16.9 Å². The summed E-state index contributed by atoms with van der Waals surface area (Å²) in [6.45, 7) is 7.53. The summed E-state index contributed by atoms with van der Waals surface area (Å²) >= 11 is 0. The zero-order chi connectivity index (χ0) is 14.8. The largest absolute Gasteiger partial charge is 0.467 e. The summed E-state index contributed by atoms with van der Waals surface area (Å²) in [7, 11) is 0. The standard InChI is InChI=1S/C18H20N2O/c1-17(2)14-6-4-5-7-15(14)20-11-12-10-13(19)8-9-16(12)21-18(17,20)3/h4-10H,11,19H2,1-3H3/t18-/m1/s1. The minimum atomic E-state index is -0.375. The first kappa shape index (κ1) is 12.6. The molecule has 0 saturated heterocycles. The average Bonchev–Trinajstić information content (AvgIpc) is 2.63. The molecule has 0 radical (unpaired) electrons. The molecule has 4 rings (SSSR count). The summed E-state index contributed by atoms with van der Waals surface area (Å²) in [5, 5.41) is 0. The highest BCUT2D eigenvalue weighted by atomic mass is 16.5. The van der Waals surface area contributed by atoms with E-state index in [9.17, 15) is 0 Å². The Morgan fingerprint density at radius 3 is 2.67 bits per heavy atom. The monoisotopic (exact) mass is 280 g/mol. The van der Waals surface area contributed by atoms with E-state index in [-0.39, 0.29) is 11.1 Å². The lowest BCUT2D eigenvalue weighted by atomic mass is 9.78. The van der Waals surface area contributed by atoms with Crippen LogP contribution in [0.3, 0.4) is 0 Å². The van der Waals surface area contributed by atoms with Crippen molar-refractivity contribution in [3.05, 3.63) is 53.6 Å². The topological polar surface area (TPSA) is 38.5 Å². The second kappa shape index (κ2) is 3.73. The van der Waals surface area contributed by atoms with Crippen LogP contribution in [0.1, 0.15) is 31.9 Å². The van der Waals surface area contributed by atoms with Crippen LogP contribution in [0.5, 0.6) is 5.75 Å². The van der Waals surface area contributed by atoms with Gasteiger partial charge in [-0.3, -0.25) is 0 Å². The van der Waals surface area contributed by atoms with Crippen LogP contribution in [0.4, 0.5) is 11.4 Å². The van der Waals surface area contributed by atoms with Crippen molar-refractivity contribution in [3.8, 4) is 5.75 Å². The molecule has 0 fully saturated rings. The van der Waals surface area contributed by atoms with Gasteiger partial charge in [-0.05, 0) is 50.6 Å². The van der Waals surface area contributed by atoms with Crippen molar-refractivity contribution in [1.29, 1.82) is 0 Å². The number of nitrogens with zero attached hydrogens (tertiary/aromatic N) is 1. The van der Waals surface area contributed by atoms with Gasteiger partial charge in [0.25, 0.3) is 0 Å². The van der Waals surface area contributed by atoms with Crippen LogP contribution in [-0.2, 0) is 12.0 Å². The Kier molecular flexibility index (Phi) is 2.23. The zero-order valence-corrected chi connectivity index (χ0v) is 12.7. The van der Waals surface area contributed by atoms with Gasteiger partial charge < -0.3 is 15.4 Å².